The molecule has 0 nitrogen and oxygen atoms in total. The highest BCUT2D eigenvalue weighted by molar-refractivity contribution is 5.64. The van der Waals surface area contributed by atoms with Gasteiger partial charge < -0.3 is 0 Å². The third kappa shape index (κ3) is 3.68. The first-order valence-corrected chi connectivity index (χ1v) is 8.04. The largest absolute Gasteiger partial charge is 0.207 e. The molecule has 0 fully saturated rings. The van der Waals surface area contributed by atoms with Gasteiger partial charge in [-0.15, -0.1) is 0 Å². The van der Waals surface area contributed by atoms with E-state index < -0.39 is 0 Å². The predicted octanol–water partition coefficient (Wildman–Crippen LogP) is 6.15. The number of hydrogen-bond donors (Lipinski definition) is 0. The van der Waals surface area contributed by atoms with Gasteiger partial charge in [-0.05, 0) is 53.1 Å². The Morgan fingerprint density at radius 1 is 0.826 bits per heavy atom. The third-order valence-electron chi connectivity index (χ3n) is 4.37. The summed E-state index contributed by atoms with van der Waals surface area (Å²) in [7, 11) is 0. The molecular formula is C22H21F. The molecule has 23 heavy (non-hydrogen) atoms. The summed E-state index contributed by atoms with van der Waals surface area (Å²) < 4.78 is 13.7. The number of benzene rings is 3. The first-order chi connectivity index (χ1) is 11.1. The minimum absolute atomic E-state index is 0.149. The smallest absolute Gasteiger partial charge is 0.126 e. The summed E-state index contributed by atoms with van der Waals surface area (Å²) in [5.41, 5.74) is 5.33. The summed E-state index contributed by atoms with van der Waals surface area (Å²) >= 11 is 0. The van der Waals surface area contributed by atoms with Gasteiger partial charge in [-0.1, -0.05) is 73.7 Å². The van der Waals surface area contributed by atoms with Crippen LogP contribution in [0.25, 0.3) is 11.1 Å². The molecule has 1 atom stereocenters. The molecule has 3 rings (SSSR count). The monoisotopic (exact) mass is 304 g/mol. The zero-order valence-corrected chi connectivity index (χ0v) is 13.6. The van der Waals surface area contributed by atoms with E-state index in [2.05, 4.69) is 55.5 Å². The highest BCUT2D eigenvalue weighted by atomic mass is 19.1. The average Bonchev–Trinajstić information content (AvgIpc) is 2.59. The molecule has 0 aliphatic carbocycles. The van der Waals surface area contributed by atoms with E-state index in [1.165, 1.54) is 11.1 Å². The molecule has 1 heteroatoms. The van der Waals surface area contributed by atoms with Crippen molar-refractivity contribution in [1.82, 2.24) is 0 Å². The van der Waals surface area contributed by atoms with Gasteiger partial charge in [-0.2, -0.15) is 0 Å². The molecular weight excluding hydrogens is 283 g/mol. The minimum Gasteiger partial charge on any atom is -0.207 e. The van der Waals surface area contributed by atoms with Crippen LogP contribution in [0.15, 0.2) is 72.8 Å². The normalized spacial score (nSPS) is 12.1. The third-order valence-corrected chi connectivity index (χ3v) is 4.37. The lowest BCUT2D eigenvalue weighted by Crippen LogP contribution is -1.98. The van der Waals surface area contributed by atoms with E-state index in [1.807, 2.05) is 18.2 Å². The van der Waals surface area contributed by atoms with E-state index in [0.29, 0.717) is 11.5 Å². The first kappa shape index (κ1) is 15.5. The Morgan fingerprint density at radius 3 is 2.13 bits per heavy atom. The van der Waals surface area contributed by atoms with Crippen LogP contribution in [0.1, 0.15) is 29.5 Å². The zero-order valence-electron chi connectivity index (χ0n) is 13.6. The van der Waals surface area contributed by atoms with E-state index >= 15 is 0 Å². The van der Waals surface area contributed by atoms with Gasteiger partial charge in [-0.3, -0.25) is 0 Å². The Kier molecular flexibility index (Phi) is 4.57. The Bertz CT molecular complexity index is 773. The number of hydrogen-bond acceptors (Lipinski definition) is 0. The molecule has 3 aromatic rings. The summed E-state index contributed by atoms with van der Waals surface area (Å²) in [6.45, 7) is 4.03. The average molecular weight is 304 g/mol. The van der Waals surface area contributed by atoms with E-state index in [9.17, 15) is 4.39 Å². The van der Waals surface area contributed by atoms with Crippen LogP contribution in [0.5, 0.6) is 0 Å². The lowest BCUT2D eigenvalue weighted by molar-refractivity contribution is 0.619. The van der Waals surface area contributed by atoms with Crippen molar-refractivity contribution in [2.24, 2.45) is 0 Å². The molecule has 0 bridgehead atoms. The van der Waals surface area contributed by atoms with Crippen LogP contribution in [0.4, 0.5) is 4.39 Å². The molecule has 0 spiro atoms. The van der Waals surface area contributed by atoms with Crippen LogP contribution in [0.3, 0.4) is 0 Å². The van der Waals surface area contributed by atoms with Crippen LogP contribution < -0.4 is 0 Å². The molecule has 116 valence electrons. The second kappa shape index (κ2) is 6.78. The van der Waals surface area contributed by atoms with Crippen LogP contribution in [-0.4, -0.2) is 0 Å². The Balaban J connectivity index is 1.75. The Labute approximate surface area is 137 Å². The summed E-state index contributed by atoms with van der Waals surface area (Å²) in [4.78, 5) is 0. The van der Waals surface area contributed by atoms with Crippen molar-refractivity contribution in [3.05, 3.63) is 95.3 Å². The lowest BCUT2D eigenvalue weighted by atomic mass is 9.93. The fourth-order valence-corrected chi connectivity index (χ4v) is 2.86. The van der Waals surface area contributed by atoms with Crippen molar-refractivity contribution < 1.29 is 4.39 Å². The molecule has 0 unspecified atom stereocenters. The Hall–Kier alpha value is -2.41. The SMILES string of the molecule is Cc1ccc(-c2ccc(C[C@H](C)c3ccccc3)cc2)cc1F. The van der Waals surface area contributed by atoms with Crippen molar-refractivity contribution in [3.8, 4) is 11.1 Å². The van der Waals surface area contributed by atoms with Crippen molar-refractivity contribution in [1.29, 1.82) is 0 Å². The molecule has 0 amide bonds. The van der Waals surface area contributed by atoms with Crippen molar-refractivity contribution >= 4 is 0 Å². The van der Waals surface area contributed by atoms with Gasteiger partial charge >= 0.3 is 0 Å². The highest BCUT2D eigenvalue weighted by Crippen LogP contribution is 2.25. The molecule has 0 N–H and O–H groups in total. The fraction of sp³-hybridized carbons (Fsp3) is 0.182. The van der Waals surface area contributed by atoms with Crippen molar-refractivity contribution in [3.63, 3.8) is 0 Å². The van der Waals surface area contributed by atoms with Gasteiger partial charge in [0.05, 0.1) is 0 Å². The summed E-state index contributed by atoms with van der Waals surface area (Å²) in [6.07, 6.45) is 1.01. The number of rotatable bonds is 4. The maximum Gasteiger partial charge on any atom is 0.126 e. The van der Waals surface area contributed by atoms with Gasteiger partial charge in [0.25, 0.3) is 0 Å². The van der Waals surface area contributed by atoms with Gasteiger partial charge in [-0.25, -0.2) is 4.39 Å². The number of halogens is 1. The van der Waals surface area contributed by atoms with E-state index in [4.69, 9.17) is 0 Å². The minimum atomic E-state index is -0.149. The van der Waals surface area contributed by atoms with Gasteiger partial charge in [0.1, 0.15) is 5.82 Å². The van der Waals surface area contributed by atoms with Gasteiger partial charge in [0, 0.05) is 0 Å². The lowest BCUT2D eigenvalue weighted by Gasteiger charge is -2.12. The standard InChI is InChI=1S/C22H21F/c1-16-8-11-21(15-22(16)23)20-12-9-18(10-13-20)14-17(2)19-6-4-3-5-7-19/h3-13,15,17H,14H2,1-2H3/t17-/m0/s1. The predicted molar refractivity (Wildman–Crippen MR) is 95.1 cm³/mol. The van der Waals surface area contributed by atoms with Crippen molar-refractivity contribution in [2.45, 2.75) is 26.2 Å². The Morgan fingerprint density at radius 2 is 1.48 bits per heavy atom. The molecule has 0 saturated carbocycles. The van der Waals surface area contributed by atoms with Crippen LogP contribution in [0.2, 0.25) is 0 Å². The molecule has 0 aliphatic heterocycles. The molecule has 0 heterocycles. The maximum atomic E-state index is 13.7. The highest BCUT2D eigenvalue weighted by Gasteiger charge is 2.07. The maximum absolute atomic E-state index is 13.7. The van der Waals surface area contributed by atoms with E-state index in [-0.39, 0.29) is 5.82 Å². The molecule has 0 aromatic heterocycles. The van der Waals surface area contributed by atoms with Crippen LogP contribution in [-0.2, 0) is 6.42 Å². The van der Waals surface area contributed by atoms with Gasteiger partial charge in [0.2, 0.25) is 0 Å². The molecule has 0 aliphatic rings. The van der Waals surface area contributed by atoms with Crippen LogP contribution >= 0.6 is 0 Å². The van der Waals surface area contributed by atoms with E-state index in [1.54, 1.807) is 13.0 Å². The second-order valence-corrected chi connectivity index (χ2v) is 6.18. The summed E-state index contributed by atoms with van der Waals surface area (Å²) in [5.74, 6) is 0.336. The second-order valence-electron chi connectivity index (χ2n) is 6.18. The summed E-state index contributed by atoms with van der Waals surface area (Å²) in [6, 6.07) is 24.4. The summed E-state index contributed by atoms with van der Waals surface area (Å²) in [5, 5.41) is 0. The zero-order chi connectivity index (χ0) is 16.2. The van der Waals surface area contributed by atoms with Gasteiger partial charge in [0.15, 0.2) is 0 Å². The first-order valence-electron chi connectivity index (χ1n) is 8.04. The molecule has 3 aromatic carbocycles. The van der Waals surface area contributed by atoms with E-state index in [0.717, 1.165) is 17.5 Å². The van der Waals surface area contributed by atoms with Crippen molar-refractivity contribution in [2.75, 3.05) is 0 Å². The molecule has 0 radical (unpaired) electrons. The topological polar surface area (TPSA) is 0 Å². The molecule has 0 saturated heterocycles. The van der Waals surface area contributed by atoms with Crippen LogP contribution in [0, 0.1) is 12.7 Å². The fourth-order valence-electron chi connectivity index (χ4n) is 2.86. The number of aryl methyl sites for hydroxylation is 1. The quantitative estimate of drug-likeness (QED) is 0.542.